The number of hydrogen-bond donors (Lipinski definition) is 4. The van der Waals surface area contributed by atoms with Crippen molar-refractivity contribution in [1.29, 1.82) is 0 Å². The summed E-state index contributed by atoms with van der Waals surface area (Å²) < 4.78 is 32.5. The van der Waals surface area contributed by atoms with E-state index >= 15 is 0 Å². The van der Waals surface area contributed by atoms with E-state index in [1.807, 2.05) is 24.3 Å². The van der Waals surface area contributed by atoms with Crippen molar-refractivity contribution in [2.75, 3.05) is 26.4 Å². The molecule has 54 heavy (non-hydrogen) atoms. The zero-order chi connectivity index (χ0) is 40.0. The van der Waals surface area contributed by atoms with Crippen LogP contribution in [0.1, 0.15) is 149 Å². The predicted molar refractivity (Wildman–Crippen MR) is 216 cm³/mol. The number of unbranched alkanes of at least 4 members (excludes halogenated alkanes) is 11. The lowest BCUT2D eigenvalue weighted by Crippen LogP contribution is -2.29. The number of rotatable bonds is 37. The Kier molecular flexibility index (Phi) is 35.9. The third-order valence-corrected chi connectivity index (χ3v) is 9.17. The molecule has 0 aromatic carbocycles. The Morgan fingerprint density at radius 3 is 1.78 bits per heavy atom. The minimum Gasteiger partial charge on any atom is -0.462 e. The molecule has 1 unspecified atom stereocenters. The lowest BCUT2D eigenvalue weighted by Gasteiger charge is -2.20. The summed E-state index contributed by atoms with van der Waals surface area (Å²) >= 11 is 0. The minimum atomic E-state index is -4.64. The number of phosphoric ester groups is 1. The Labute approximate surface area is 326 Å². The Hall–Kier alpha value is -2.37. The molecule has 0 aliphatic heterocycles. The molecule has 11 nitrogen and oxygen atoms in total. The summed E-state index contributed by atoms with van der Waals surface area (Å²) in [6.07, 6.45) is 36.7. The Morgan fingerprint density at radius 2 is 1.13 bits per heavy atom. The maximum absolute atomic E-state index is 12.6. The van der Waals surface area contributed by atoms with Crippen LogP contribution in [-0.2, 0) is 32.7 Å². The van der Waals surface area contributed by atoms with Gasteiger partial charge in [0.25, 0.3) is 0 Å². The van der Waals surface area contributed by atoms with Crippen molar-refractivity contribution in [1.82, 2.24) is 0 Å². The summed E-state index contributed by atoms with van der Waals surface area (Å²) in [6, 6.07) is 0. The molecule has 0 aliphatic carbocycles. The van der Waals surface area contributed by atoms with Crippen LogP contribution in [0.5, 0.6) is 0 Å². The molecule has 0 aromatic heterocycles. The van der Waals surface area contributed by atoms with Gasteiger partial charge in [0.1, 0.15) is 12.7 Å². The molecule has 0 amide bonds. The van der Waals surface area contributed by atoms with Gasteiger partial charge in [0.05, 0.1) is 25.9 Å². The van der Waals surface area contributed by atoms with E-state index in [4.69, 9.17) is 19.1 Å². The fourth-order valence-electron chi connectivity index (χ4n) is 5.00. The van der Waals surface area contributed by atoms with Gasteiger partial charge in [0, 0.05) is 12.8 Å². The first-order valence-corrected chi connectivity index (χ1v) is 21.8. The Bertz CT molecular complexity index is 1100. The number of aliphatic hydroxyl groups excluding tert-OH is 3. The van der Waals surface area contributed by atoms with E-state index in [2.05, 4.69) is 54.8 Å². The highest BCUT2D eigenvalue weighted by atomic mass is 31.2. The number of carbonyl (C=O) groups excluding carboxylic acids is 2. The lowest BCUT2D eigenvalue weighted by atomic mass is 10.1. The van der Waals surface area contributed by atoms with Gasteiger partial charge in [-0.25, -0.2) is 4.57 Å². The molecule has 0 saturated carbocycles. The van der Waals surface area contributed by atoms with Crippen molar-refractivity contribution in [3.05, 3.63) is 60.8 Å². The topological polar surface area (TPSA) is 169 Å². The number of aliphatic hydroxyl groups is 3. The third-order valence-electron chi connectivity index (χ3n) is 8.22. The van der Waals surface area contributed by atoms with E-state index in [1.165, 1.54) is 25.7 Å². The zero-order valence-corrected chi connectivity index (χ0v) is 34.2. The Morgan fingerprint density at radius 1 is 0.611 bits per heavy atom. The number of phosphoric acid groups is 1. The molecule has 0 spiro atoms. The van der Waals surface area contributed by atoms with Gasteiger partial charge in [0.2, 0.25) is 0 Å². The quantitative estimate of drug-likeness (QED) is 0.0205. The zero-order valence-electron chi connectivity index (χ0n) is 33.3. The van der Waals surface area contributed by atoms with Gasteiger partial charge in [-0.15, -0.1) is 0 Å². The highest BCUT2D eigenvalue weighted by Gasteiger charge is 2.27. The molecule has 312 valence electrons. The van der Waals surface area contributed by atoms with Crippen LogP contribution in [0.4, 0.5) is 0 Å². The van der Waals surface area contributed by atoms with Crippen molar-refractivity contribution in [3.63, 3.8) is 0 Å². The van der Waals surface area contributed by atoms with Crippen LogP contribution >= 0.6 is 7.82 Å². The molecular weight excluding hydrogens is 711 g/mol. The molecule has 0 fully saturated rings. The molecule has 0 bridgehead atoms. The molecule has 0 aromatic rings. The third kappa shape index (κ3) is 36.6. The second kappa shape index (κ2) is 37.5. The van der Waals surface area contributed by atoms with Gasteiger partial charge in [-0.05, 0) is 70.6 Å². The molecule has 4 N–H and O–H groups in total. The number of allylic oxidation sites excluding steroid dienone is 9. The summed E-state index contributed by atoms with van der Waals surface area (Å²) in [5.41, 5.74) is 0. The average molecular weight is 785 g/mol. The maximum atomic E-state index is 12.6. The van der Waals surface area contributed by atoms with Crippen molar-refractivity contribution in [2.24, 2.45) is 0 Å². The molecule has 0 rings (SSSR count). The molecule has 0 aliphatic rings. The van der Waals surface area contributed by atoms with Crippen LogP contribution in [-0.4, -0.2) is 76.9 Å². The van der Waals surface area contributed by atoms with Crippen molar-refractivity contribution >= 4 is 19.8 Å². The van der Waals surface area contributed by atoms with Crippen LogP contribution in [0.2, 0.25) is 0 Å². The van der Waals surface area contributed by atoms with Crippen molar-refractivity contribution in [2.45, 2.75) is 167 Å². The van der Waals surface area contributed by atoms with Gasteiger partial charge in [-0.3, -0.25) is 18.6 Å². The molecule has 0 saturated heterocycles. The van der Waals surface area contributed by atoms with Crippen molar-refractivity contribution in [3.8, 4) is 0 Å². The second-order valence-corrected chi connectivity index (χ2v) is 14.9. The SMILES string of the molecule is CCCCCC/C=C\CCCCCCCC(=O)O[C@H](COC(=O)CCC/C=C\C/C=C\C/C=C\C/C=C\[C@@H](O)CCCC)COP(=O)(O)OC[C@@H](O)CO. The monoisotopic (exact) mass is 784 g/mol. The number of hydrogen-bond acceptors (Lipinski definition) is 10. The van der Waals surface area contributed by atoms with Gasteiger partial charge >= 0.3 is 19.8 Å². The summed E-state index contributed by atoms with van der Waals surface area (Å²) in [4.78, 5) is 34.9. The van der Waals surface area contributed by atoms with Crippen LogP contribution in [0, 0.1) is 0 Å². The molecular formula is C42H73O11P. The van der Waals surface area contributed by atoms with Crippen LogP contribution in [0.25, 0.3) is 0 Å². The van der Waals surface area contributed by atoms with Gasteiger partial charge in [-0.1, -0.05) is 126 Å². The number of ether oxygens (including phenoxy) is 2. The predicted octanol–water partition coefficient (Wildman–Crippen LogP) is 9.30. The van der Waals surface area contributed by atoms with Gasteiger partial charge < -0.3 is 29.7 Å². The normalized spacial score (nSPS) is 15.1. The fourth-order valence-corrected chi connectivity index (χ4v) is 5.79. The molecule has 12 heteroatoms. The first kappa shape index (κ1) is 51.6. The van der Waals surface area contributed by atoms with E-state index in [1.54, 1.807) is 0 Å². The first-order valence-electron chi connectivity index (χ1n) is 20.3. The van der Waals surface area contributed by atoms with E-state index < -0.39 is 51.8 Å². The maximum Gasteiger partial charge on any atom is 0.472 e. The minimum absolute atomic E-state index is 0.145. The van der Waals surface area contributed by atoms with E-state index in [-0.39, 0.29) is 25.6 Å². The fraction of sp³-hybridized carbons (Fsp3) is 0.714. The van der Waals surface area contributed by atoms with E-state index in [0.717, 1.165) is 77.0 Å². The average Bonchev–Trinajstić information content (AvgIpc) is 3.15. The largest absolute Gasteiger partial charge is 0.472 e. The first-order chi connectivity index (χ1) is 26.1. The van der Waals surface area contributed by atoms with Crippen LogP contribution < -0.4 is 0 Å². The van der Waals surface area contributed by atoms with Crippen molar-refractivity contribution < 1.29 is 52.9 Å². The van der Waals surface area contributed by atoms with Crippen LogP contribution in [0.15, 0.2) is 60.8 Å². The van der Waals surface area contributed by atoms with Gasteiger partial charge in [0.15, 0.2) is 6.10 Å². The summed E-state index contributed by atoms with van der Waals surface area (Å²) in [7, 11) is -4.64. The van der Waals surface area contributed by atoms with E-state index in [9.17, 15) is 29.3 Å². The van der Waals surface area contributed by atoms with E-state index in [0.29, 0.717) is 19.3 Å². The highest BCUT2D eigenvalue weighted by Crippen LogP contribution is 2.43. The molecule has 0 radical (unpaired) electrons. The summed E-state index contributed by atoms with van der Waals surface area (Å²) in [5.74, 6) is -1.03. The highest BCUT2D eigenvalue weighted by molar-refractivity contribution is 7.47. The summed E-state index contributed by atoms with van der Waals surface area (Å²) in [6.45, 7) is 2.10. The standard InChI is InChI=1S/C42H73O11P/c1-3-5-7-8-9-10-11-12-17-20-23-26-29-33-42(47)53-40(37-52-54(48,49)51-35-39(45)34-43)36-50-41(46)32-28-25-22-19-16-14-13-15-18-21-24-27-31-38(44)30-6-4-2/h10-11,13-14,18-19,21-22,27,31,38-40,43-45H,3-9,12,15-17,20,23-26,28-30,32-37H2,1-2H3,(H,48,49)/b11-10-,14-13-,21-18-,22-19-,31-27-/t38-,39-,40+/m0/s1. The van der Waals surface area contributed by atoms with Gasteiger partial charge in [-0.2, -0.15) is 0 Å². The number of esters is 2. The van der Waals surface area contributed by atoms with Crippen LogP contribution in [0.3, 0.4) is 0 Å². The smallest absolute Gasteiger partial charge is 0.462 e. The molecule has 0 heterocycles. The lowest BCUT2D eigenvalue weighted by molar-refractivity contribution is -0.161. The Balaban J connectivity index is 4.48. The molecule has 4 atom stereocenters. The summed E-state index contributed by atoms with van der Waals surface area (Å²) in [5, 5.41) is 28.1. The number of carbonyl (C=O) groups is 2. The second-order valence-electron chi connectivity index (χ2n) is 13.5.